The Hall–Kier alpha value is -0.570. The van der Waals surface area contributed by atoms with E-state index in [-0.39, 0.29) is 11.3 Å². The molecule has 0 aromatic heterocycles. The van der Waals surface area contributed by atoms with Crippen molar-refractivity contribution in [2.75, 3.05) is 19.8 Å². The Kier molecular flexibility index (Phi) is 4.58. The molecule has 0 bridgehead atoms. The van der Waals surface area contributed by atoms with Gasteiger partial charge in [-0.05, 0) is 25.2 Å². The Morgan fingerprint density at radius 1 is 1.47 bits per heavy atom. The summed E-state index contributed by atoms with van der Waals surface area (Å²) in [4.78, 5) is 11.5. The third kappa shape index (κ3) is 4.65. The van der Waals surface area contributed by atoms with Gasteiger partial charge in [-0.15, -0.1) is 0 Å². The van der Waals surface area contributed by atoms with Gasteiger partial charge in [0.1, 0.15) is 0 Å². The van der Waals surface area contributed by atoms with Crippen LogP contribution < -0.4 is 5.32 Å². The molecule has 0 aliphatic carbocycles. The zero-order chi connectivity index (χ0) is 11.3. The molecule has 1 rings (SSSR count). The van der Waals surface area contributed by atoms with Gasteiger partial charge in [0.2, 0.25) is 5.91 Å². The molecule has 1 aliphatic heterocycles. The van der Waals surface area contributed by atoms with E-state index in [2.05, 4.69) is 5.32 Å². The average molecular weight is 213 g/mol. The maximum atomic E-state index is 11.5. The first-order chi connectivity index (χ1) is 7.00. The molecule has 0 saturated carbocycles. The van der Waals surface area contributed by atoms with Crippen LogP contribution in [-0.4, -0.2) is 25.7 Å². The lowest BCUT2D eigenvalue weighted by Gasteiger charge is -2.17. The van der Waals surface area contributed by atoms with Crippen LogP contribution in [0.2, 0.25) is 0 Å². The van der Waals surface area contributed by atoms with Crippen molar-refractivity contribution >= 4 is 5.91 Å². The van der Waals surface area contributed by atoms with Crippen LogP contribution in [0, 0.1) is 11.3 Å². The molecule has 1 N–H and O–H groups in total. The number of amides is 1. The molecule has 15 heavy (non-hydrogen) atoms. The quantitative estimate of drug-likeness (QED) is 0.725. The van der Waals surface area contributed by atoms with Crippen LogP contribution >= 0.6 is 0 Å². The molecule has 1 aliphatic rings. The summed E-state index contributed by atoms with van der Waals surface area (Å²) in [5.74, 6) is 0.863. The van der Waals surface area contributed by atoms with Crippen LogP contribution in [0.5, 0.6) is 0 Å². The van der Waals surface area contributed by atoms with Gasteiger partial charge in [-0.3, -0.25) is 4.79 Å². The standard InChI is InChI=1S/C12H23NO2/c1-12(2,3)11(14)13-7-4-5-10-6-8-15-9-10/h10H,4-9H2,1-3H3,(H,13,14). The van der Waals surface area contributed by atoms with Gasteiger partial charge in [0.25, 0.3) is 0 Å². The maximum absolute atomic E-state index is 11.5. The predicted octanol–water partition coefficient (Wildman–Crippen LogP) is 1.97. The Morgan fingerprint density at radius 3 is 2.73 bits per heavy atom. The number of rotatable bonds is 4. The summed E-state index contributed by atoms with van der Waals surface area (Å²) in [6.45, 7) is 8.44. The van der Waals surface area contributed by atoms with Crippen LogP contribution in [-0.2, 0) is 9.53 Å². The highest BCUT2D eigenvalue weighted by molar-refractivity contribution is 5.81. The van der Waals surface area contributed by atoms with Gasteiger partial charge >= 0.3 is 0 Å². The Bertz CT molecular complexity index is 202. The zero-order valence-corrected chi connectivity index (χ0v) is 10.1. The van der Waals surface area contributed by atoms with Gasteiger partial charge < -0.3 is 10.1 Å². The molecule has 88 valence electrons. The van der Waals surface area contributed by atoms with E-state index in [0.717, 1.165) is 32.1 Å². The van der Waals surface area contributed by atoms with Gasteiger partial charge in [0, 0.05) is 25.2 Å². The fourth-order valence-corrected chi connectivity index (χ4v) is 1.67. The van der Waals surface area contributed by atoms with Gasteiger partial charge in [-0.2, -0.15) is 0 Å². The number of hydrogen-bond donors (Lipinski definition) is 1. The summed E-state index contributed by atoms with van der Waals surface area (Å²) in [6, 6.07) is 0. The minimum Gasteiger partial charge on any atom is -0.381 e. The Labute approximate surface area is 92.6 Å². The van der Waals surface area contributed by atoms with Crippen molar-refractivity contribution in [3.8, 4) is 0 Å². The van der Waals surface area contributed by atoms with Crippen molar-refractivity contribution in [1.82, 2.24) is 5.32 Å². The van der Waals surface area contributed by atoms with E-state index in [0.29, 0.717) is 0 Å². The summed E-state index contributed by atoms with van der Waals surface area (Å²) in [6.07, 6.45) is 3.42. The number of carbonyl (C=O) groups excluding carboxylic acids is 1. The van der Waals surface area contributed by atoms with Crippen molar-refractivity contribution in [3.05, 3.63) is 0 Å². The average Bonchev–Trinajstić information content (AvgIpc) is 2.63. The molecule has 1 saturated heterocycles. The van der Waals surface area contributed by atoms with Crippen LogP contribution in [0.3, 0.4) is 0 Å². The molecule has 0 spiro atoms. The number of hydrogen-bond acceptors (Lipinski definition) is 2. The molecular weight excluding hydrogens is 190 g/mol. The lowest BCUT2D eigenvalue weighted by atomic mass is 9.95. The first-order valence-electron chi connectivity index (χ1n) is 5.86. The van der Waals surface area contributed by atoms with Gasteiger partial charge in [-0.25, -0.2) is 0 Å². The molecule has 1 heterocycles. The van der Waals surface area contributed by atoms with Crippen LogP contribution in [0.25, 0.3) is 0 Å². The Balaban J connectivity index is 2.03. The van der Waals surface area contributed by atoms with Gasteiger partial charge in [0.15, 0.2) is 0 Å². The molecular formula is C12H23NO2. The van der Waals surface area contributed by atoms with Crippen molar-refractivity contribution < 1.29 is 9.53 Å². The van der Waals surface area contributed by atoms with Crippen molar-refractivity contribution in [1.29, 1.82) is 0 Å². The van der Waals surface area contributed by atoms with Crippen molar-refractivity contribution in [2.24, 2.45) is 11.3 Å². The largest absolute Gasteiger partial charge is 0.381 e. The molecule has 0 aromatic rings. The third-order valence-electron chi connectivity index (χ3n) is 2.78. The van der Waals surface area contributed by atoms with Crippen LogP contribution in [0.4, 0.5) is 0 Å². The summed E-state index contributed by atoms with van der Waals surface area (Å²) in [5.41, 5.74) is -0.267. The fraction of sp³-hybridized carbons (Fsp3) is 0.917. The van der Waals surface area contributed by atoms with E-state index in [9.17, 15) is 4.79 Å². The first-order valence-corrected chi connectivity index (χ1v) is 5.86. The number of nitrogens with one attached hydrogen (secondary N) is 1. The smallest absolute Gasteiger partial charge is 0.225 e. The second kappa shape index (κ2) is 5.50. The summed E-state index contributed by atoms with van der Waals surface area (Å²) < 4.78 is 5.30. The van der Waals surface area contributed by atoms with E-state index in [1.54, 1.807) is 0 Å². The Morgan fingerprint density at radius 2 is 2.20 bits per heavy atom. The van der Waals surface area contributed by atoms with Gasteiger partial charge in [0.05, 0.1) is 0 Å². The molecule has 3 heteroatoms. The topological polar surface area (TPSA) is 38.3 Å². The summed E-state index contributed by atoms with van der Waals surface area (Å²) in [7, 11) is 0. The van der Waals surface area contributed by atoms with Crippen molar-refractivity contribution in [2.45, 2.75) is 40.0 Å². The maximum Gasteiger partial charge on any atom is 0.225 e. The van der Waals surface area contributed by atoms with Gasteiger partial charge in [-0.1, -0.05) is 20.8 Å². The van der Waals surface area contributed by atoms with Crippen LogP contribution in [0.1, 0.15) is 40.0 Å². The molecule has 1 atom stereocenters. The molecule has 0 radical (unpaired) electrons. The monoisotopic (exact) mass is 213 g/mol. The number of carbonyl (C=O) groups is 1. The predicted molar refractivity (Wildman–Crippen MR) is 60.6 cm³/mol. The van der Waals surface area contributed by atoms with E-state index >= 15 is 0 Å². The van der Waals surface area contributed by atoms with E-state index in [4.69, 9.17) is 4.74 Å². The normalized spacial score (nSPS) is 21.7. The third-order valence-corrected chi connectivity index (χ3v) is 2.78. The molecule has 3 nitrogen and oxygen atoms in total. The van der Waals surface area contributed by atoms with E-state index in [1.807, 2.05) is 20.8 Å². The van der Waals surface area contributed by atoms with E-state index in [1.165, 1.54) is 12.8 Å². The molecule has 0 aromatic carbocycles. The zero-order valence-electron chi connectivity index (χ0n) is 10.1. The summed E-state index contributed by atoms with van der Waals surface area (Å²) >= 11 is 0. The minimum atomic E-state index is -0.267. The highest BCUT2D eigenvalue weighted by Gasteiger charge is 2.20. The molecule has 1 fully saturated rings. The second-order valence-electron chi connectivity index (χ2n) is 5.38. The first kappa shape index (κ1) is 12.5. The highest BCUT2D eigenvalue weighted by Crippen LogP contribution is 2.17. The second-order valence-corrected chi connectivity index (χ2v) is 5.38. The SMILES string of the molecule is CC(C)(C)C(=O)NCCCC1CCOC1. The van der Waals surface area contributed by atoms with Crippen LogP contribution in [0.15, 0.2) is 0 Å². The number of ether oxygens (including phenoxy) is 1. The van der Waals surface area contributed by atoms with Crippen molar-refractivity contribution in [3.63, 3.8) is 0 Å². The lowest BCUT2D eigenvalue weighted by molar-refractivity contribution is -0.128. The highest BCUT2D eigenvalue weighted by atomic mass is 16.5. The summed E-state index contributed by atoms with van der Waals surface area (Å²) in [5, 5.41) is 2.97. The van der Waals surface area contributed by atoms with E-state index < -0.39 is 0 Å². The fourth-order valence-electron chi connectivity index (χ4n) is 1.67. The lowest BCUT2D eigenvalue weighted by Crippen LogP contribution is -2.35. The molecule has 1 amide bonds. The minimum absolute atomic E-state index is 0.144. The molecule has 1 unspecified atom stereocenters.